The molecule has 4 nitrogen and oxygen atoms in total. The van der Waals surface area contributed by atoms with Crippen molar-refractivity contribution < 1.29 is 9.90 Å². The Morgan fingerprint density at radius 3 is 2.36 bits per heavy atom. The van der Waals surface area contributed by atoms with Gasteiger partial charge in [-0.25, -0.2) is 0 Å². The number of nitrogens with zero attached hydrogens (tertiary/aromatic N) is 2. The number of carboxylic acid groups (broad SMARTS) is 1. The van der Waals surface area contributed by atoms with Gasteiger partial charge in [0, 0.05) is 36.9 Å². The van der Waals surface area contributed by atoms with Crippen molar-refractivity contribution >= 4 is 34.6 Å². The zero-order valence-corrected chi connectivity index (χ0v) is 13.6. The fourth-order valence-corrected chi connectivity index (χ4v) is 3.64. The molecule has 0 radical (unpaired) electrons. The lowest BCUT2D eigenvalue weighted by Gasteiger charge is -2.38. The largest absolute Gasteiger partial charge is 0.480 e. The zero-order valence-electron chi connectivity index (χ0n) is 12.0. The lowest BCUT2D eigenvalue weighted by Crippen LogP contribution is -2.49. The molecule has 1 N–H and O–H groups in total. The van der Waals surface area contributed by atoms with Crippen molar-refractivity contribution in [2.24, 2.45) is 0 Å². The first kappa shape index (κ1) is 15.3. The third-order valence-electron chi connectivity index (χ3n) is 3.96. The SMILES string of the molecule is O=C(O)[C@H](c1ccsc1)N1CCN(c2ccc(Cl)cc2)CC1. The molecule has 1 atom stereocenters. The van der Waals surface area contributed by atoms with Gasteiger partial charge >= 0.3 is 5.97 Å². The Balaban J connectivity index is 1.68. The predicted molar refractivity (Wildman–Crippen MR) is 89.9 cm³/mol. The number of aliphatic carboxylic acids is 1. The third kappa shape index (κ3) is 3.27. The van der Waals surface area contributed by atoms with Crippen molar-refractivity contribution in [1.29, 1.82) is 0 Å². The number of carbonyl (C=O) groups is 1. The predicted octanol–water partition coefficient (Wildman–Crippen LogP) is 3.35. The van der Waals surface area contributed by atoms with E-state index in [4.69, 9.17) is 11.6 Å². The van der Waals surface area contributed by atoms with Crippen molar-refractivity contribution in [2.75, 3.05) is 31.1 Å². The first-order chi connectivity index (χ1) is 10.6. The molecule has 1 fully saturated rings. The Bertz CT molecular complexity index is 622. The minimum atomic E-state index is -0.779. The molecule has 1 aliphatic heterocycles. The molecule has 0 bridgehead atoms. The van der Waals surface area contributed by atoms with E-state index in [9.17, 15) is 9.90 Å². The van der Waals surface area contributed by atoms with Gasteiger partial charge in [-0.1, -0.05) is 11.6 Å². The van der Waals surface area contributed by atoms with Crippen molar-refractivity contribution in [2.45, 2.75) is 6.04 Å². The Kier molecular flexibility index (Phi) is 4.66. The molecule has 6 heteroatoms. The normalized spacial score (nSPS) is 17.4. The second kappa shape index (κ2) is 6.69. The van der Waals surface area contributed by atoms with Crippen LogP contribution in [0.2, 0.25) is 5.02 Å². The van der Waals surface area contributed by atoms with Gasteiger partial charge < -0.3 is 10.0 Å². The minimum absolute atomic E-state index is 0.543. The van der Waals surface area contributed by atoms with Gasteiger partial charge in [-0.2, -0.15) is 11.3 Å². The number of thiophene rings is 1. The van der Waals surface area contributed by atoms with Crippen molar-refractivity contribution in [3.8, 4) is 0 Å². The quantitative estimate of drug-likeness (QED) is 0.930. The molecule has 0 unspecified atom stereocenters. The maximum Gasteiger partial charge on any atom is 0.325 e. The van der Waals surface area contributed by atoms with Gasteiger partial charge in [-0.3, -0.25) is 9.69 Å². The smallest absolute Gasteiger partial charge is 0.325 e. The van der Waals surface area contributed by atoms with E-state index in [-0.39, 0.29) is 0 Å². The summed E-state index contributed by atoms with van der Waals surface area (Å²) in [5.41, 5.74) is 2.00. The van der Waals surface area contributed by atoms with E-state index in [0.717, 1.165) is 42.5 Å². The van der Waals surface area contributed by atoms with Gasteiger partial charge in [-0.15, -0.1) is 0 Å². The van der Waals surface area contributed by atoms with Crippen molar-refractivity contribution in [3.63, 3.8) is 0 Å². The molecule has 1 aliphatic rings. The van der Waals surface area contributed by atoms with Crippen LogP contribution in [0.3, 0.4) is 0 Å². The van der Waals surface area contributed by atoms with Gasteiger partial charge in [0.15, 0.2) is 0 Å². The lowest BCUT2D eigenvalue weighted by atomic mass is 10.1. The highest BCUT2D eigenvalue weighted by Crippen LogP contribution is 2.26. The average Bonchev–Trinajstić information content (AvgIpc) is 3.03. The summed E-state index contributed by atoms with van der Waals surface area (Å²) in [6.07, 6.45) is 0. The standard InChI is InChI=1S/C16H17ClN2O2S/c17-13-1-3-14(4-2-13)18-6-8-19(9-7-18)15(16(20)21)12-5-10-22-11-12/h1-5,10-11,15H,6-9H2,(H,20,21)/t15-/m0/s1. The van der Waals surface area contributed by atoms with E-state index in [1.165, 1.54) is 11.3 Å². The summed E-state index contributed by atoms with van der Waals surface area (Å²) >= 11 is 7.45. The summed E-state index contributed by atoms with van der Waals surface area (Å²) in [7, 11) is 0. The number of rotatable bonds is 4. The van der Waals surface area contributed by atoms with Crippen molar-refractivity contribution in [3.05, 3.63) is 51.7 Å². The number of hydrogen-bond donors (Lipinski definition) is 1. The number of piperazine rings is 1. The van der Waals surface area contributed by atoms with Crippen molar-refractivity contribution in [1.82, 2.24) is 4.90 Å². The van der Waals surface area contributed by atoms with Crippen LogP contribution in [0.4, 0.5) is 5.69 Å². The molecular formula is C16H17ClN2O2S. The molecule has 2 aromatic rings. The van der Waals surface area contributed by atoms with Crippen LogP contribution in [-0.2, 0) is 4.79 Å². The van der Waals surface area contributed by atoms with E-state index in [0.29, 0.717) is 0 Å². The summed E-state index contributed by atoms with van der Waals surface area (Å²) in [5, 5.41) is 14.1. The van der Waals surface area contributed by atoms with Gasteiger partial charge in [0.2, 0.25) is 0 Å². The topological polar surface area (TPSA) is 43.8 Å². The second-order valence-electron chi connectivity index (χ2n) is 5.30. The highest BCUT2D eigenvalue weighted by atomic mass is 35.5. The Morgan fingerprint density at radius 2 is 1.82 bits per heavy atom. The number of anilines is 1. The highest BCUT2D eigenvalue weighted by Gasteiger charge is 2.30. The van der Waals surface area contributed by atoms with Crippen LogP contribution in [0.1, 0.15) is 11.6 Å². The highest BCUT2D eigenvalue weighted by molar-refractivity contribution is 7.08. The second-order valence-corrected chi connectivity index (χ2v) is 6.51. The molecule has 1 aromatic heterocycles. The number of hydrogen-bond acceptors (Lipinski definition) is 4. The molecule has 22 heavy (non-hydrogen) atoms. The van der Waals surface area contributed by atoms with Crippen LogP contribution in [0.15, 0.2) is 41.1 Å². The molecule has 0 aliphatic carbocycles. The number of benzene rings is 1. The summed E-state index contributed by atoms with van der Waals surface area (Å²) < 4.78 is 0. The molecular weight excluding hydrogens is 320 g/mol. The van der Waals surface area contributed by atoms with Gasteiger partial charge in [0.25, 0.3) is 0 Å². The summed E-state index contributed by atoms with van der Waals surface area (Å²) in [6.45, 7) is 3.09. The molecule has 1 aromatic carbocycles. The molecule has 0 amide bonds. The molecule has 2 heterocycles. The van der Waals surface area contributed by atoms with Crippen LogP contribution in [-0.4, -0.2) is 42.2 Å². The Hall–Kier alpha value is -1.56. The lowest BCUT2D eigenvalue weighted by molar-refractivity contribution is -0.143. The van der Waals surface area contributed by atoms with Crippen LogP contribution >= 0.6 is 22.9 Å². The maximum absolute atomic E-state index is 11.6. The van der Waals surface area contributed by atoms with E-state index in [1.54, 1.807) is 0 Å². The average molecular weight is 337 g/mol. The van der Waals surface area contributed by atoms with E-state index >= 15 is 0 Å². The van der Waals surface area contributed by atoms with E-state index in [2.05, 4.69) is 4.90 Å². The van der Waals surface area contributed by atoms with Gasteiger partial charge in [0.1, 0.15) is 6.04 Å². The minimum Gasteiger partial charge on any atom is -0.480 e. The first-order valence-electron chi connectivity index (χ1n) is 7.14. The molecule has 3 rings (SSSR count). The van der Waals surface area contributed by atoms with Crippen LogP contribution in [0, 0.1) is 0 Å². The molecule has 0 spiro atoms. The molecule has 1 saturated heterocycles. The summed E-state index contributed by atoms with van der Waals surface area (Å²) in [4.78, 5) is 15.9. The monoisotopic (exact) mass is 336 g/mol. The fraction of sp³-hybridized carbons (Fsp3) is 0.312. The fourth-order valence-electron chi connectivity index (χ4n) is 2.83. The first-order valence-corrected chi connectivity index (χ1v) is 8.47. The Morgan fingerprint density at radius 1 is 1.14 bits per heavy atom. The van der Waals surface area contributed by atoms with E-state index in [1.807, 2.05) is 46.0 Å². The summed E-state index contributed by atoms with van der Waals surface area (Å²) in [5.74, 6) is -0.779. The van der Waals surface area contributed by atoms with Crippen LogP contribution < -0.4 is 4.90 Å². The summed E-state index contributed by atoms with van der Waals surface area (Å²) in [6, 6.07) is 9.13. The molecule has 116 valence electrons. The molecule has 0 saturated carbocycles. The third-order valence-corrected chi connectivity index (χ3v) is 4.92. The van der Waals surface area contributed by atoms with Gasteiger partial charge in [-0.05, 0) is 46.7 Å². The number of halogens is 1. The van der Waals surface area contributed by atoms with Gasteiger partial charge in [0.05, 0.1) is 0 Å². The Labute approximate surface area is 138 Å². The van der Waals surface area contributed by atoms with Crippen LogP contribution in [0.5, 0.6) is 0 Å². The van der Waals surface area contributed by atoms with Crippen LogP contribution in [0.25, 0.3) is 0 Å². The zero-order chi connectivity index (χ0) is 15.5. The maximum atomic E-state index is 11.6. The van der Waals surface area contributed by atoms with E-state index < -0.39 is 12.0 Å². The number of carboxylic acids is 1.